The first-order valence-electron chi connectivity index (χ1n) is 11.3. The van der Waals surface area contributed by atoms with Gasteiger partial charge in [0.15, 0.2) is 0 Å². The number of furan rings is 1. The van der Waals surface area contributed by atoms with Crippen LogP contribution in [0.15, 0.2) is 22.8 Å². The van der Waals surface area contributed by atoms with Crippen molar-refractivity contribution >= 4 is 11.9 Å². The van der Waals surface area contributed by atoms with E-state index in [4.69, 9.17) is 4.42 Å². The lowest BCUT2D eigenvalue weighted by molar-refractivity contribution is -0.133. The lowest BCUT2D eigenvalue weighted by Crippen LogP contribution is -2.48. The van der Waals surface area contributed by atoms with Crippen LogP contribution < -0.4 is 10.6 Å². The van der Waals surface area contributed by atoms with E-state index in [1.165, 1.54) is 19.3 Å². The van der Waals surface area contributed by atoms with Crippen LogP contribution in [-0.2, 0) is 11.3 Å². The molecule has 1 aromatic heterocycles. The number of rotatable bonds is 9. The van der Waals surface area contributed by atoms with Gasteiger partial charge in [-0.2, -0.15) is 0 Å². The van der Waals surface area contributed by atoms with E-state index >= 15 is 0 Å². The molecular weight excluding hydrogens is 368 g/mol. The Balaban J connectivity index is 1.18. The summed E-state index contributed by atoms with van der Waals surface area (Å²) < 4.78 is 5.40. The standard InChI is InChI=1S/C22H36N4O3/c27-21(26-15-13-25(14-16-26)18-20-10-7-17-29-20)11-5-2-6-12-23-22(28)24-19-8-3-1-4-9-19/h7,10,17,19H,1-6,8-9,11-16,18H2,(H2,23,24,28). The van der Waals surface area contributed by atoms with Gasteiger partial charge < -0.3 is 20.0 Å². The highest BCUT2D eigenvalue weighted by Gasteiger charge is 2.21. The van der Waals surface area contributed by atoms with Gasteiger partial charge in [-0.3, -0.25) is 9.69 Å². The van der Waals surface area contributed by atoms with Crippen LogP contribution in [-0.4, -0.2) is 60.5 Å². The SMILES string of the molecule is O=C(NCCCCCC(=O)N1CCN(Cc2ccco2)CC1)NC1CCCCC1. The third-order valence-corrected chi connectivity index (χ3v) is 5.98. The van der Waals surface area contributed by atoms with Crippen molar-refractivity contribution in [3.8, 4) is 0 Å². The lowest BCUT2D eigenvalue weighted by atomic mass is 9.96. The monoisotopic (exact) mass is 404 g/mol. The summed E-state index contributed by atoms with van der Waals surface area (Å²) in [5, 5.41) is 6.01. The first-order chi connectivity index (χ1) is 14.2. The summed E-state index contributed by atoms with van der Waals surface area (Å²) in [7, 11) is 0. The Labute approximate surface area is 174 Å². The highest BCUT2D eigenvalue weighted by molar-refractivity contribution is 5.76. The third kappa shape index (κ3) is 7.72. The van der Waals surface area contributed by atoms with Crippen LogP contribution in [0.3, 0.4) is 0 Å². The van der Waals surface area contributed by atoms with Gasteiger partial charge in [0.25, 0.3) is 0 Å². The summed E-state index contributed by atoms with van der Waals surface area (Å²) in [6, 6.07) is 4.21. The van der Waals surface area contributed by atoms with Crippen LogP contribution in [0, 0.1) is 0 Å². The van der Waals surface area contributed by atoms with Gasteiger partial charge in [0, 0.05) is 45.2 Å². The van der Waals surface area contributed by atoms with Crippen LogP contribution in [0.5, 0.6) is 0 Å². The van der Waals surface area contributed by atoms with Crippen molar-refractivity contribution in [1.29, 1.82) is 0 Å². The van der Waals surface area contributed by atoms with Crippen LogP contribution in [0.1, 0.15) is 63.5 Å². The van der Waals surface area contributed by atoms with Gasteiger partial charge in [-0.25, -0.2) is 4.79 Å². The number of amides is 3. The predicted octanol–water partition coefficient (Wildman–Crippen LogP) is 3.12. The number of unbranched alkanes of at least 4 members (excludes halogenated alkanes) is 2. The van der Waals surface area contributed by atoms with Crippen LogP contribution >= 0.6 is 0 Å². The molecule has 0 radical (unpaired) electrons. The van der Waals surface area contributed by atoms with Gasteiger partial charge in [-0.05, 0) is 37.8 Å². The van der Waals surface area contributed by atoms with Crippen molar-refractivity contribution in [2.75, 3.05) is 32.7 Å². The zero-order chi connectivity index (χ0) is 20.3. The molecule has 3 rings (SSSR count). The topological polar surface area (TPSA) is 77.8 Å². The molecule has 162 valence electrons. The Kier molecular flexibility index (Phi) is 8.86. The van der Waals surface area contributed by atoms with Crippen molar-refractivity contribution in [3.05, 3.63) is 24.2 Å². The number of carbonyl (C=O) groups excluding carboxylic acids is 2. The Morgan fingerprint density at radius 2 is 1.83 bits per heavy atom. The zero-order valence-electron chi connectivity index (χ0n) is 17.5. The molecule has 0 unspecified atom stereocenters. The first-order valence-corrected chi connectivity index (χ1v) is 11.3. The Hall–Kier alpha value is -2.02. The second-order valence-electron chi connectivity index (χ2n) is 8.28. The second-order valence-corrected chi connectivity index (χ2v) is 8.28. The summed E-state index contributed by atoms with van der Waals surface area (Å²) in [5.74, 6) is 1.23. The molecule has 0 bridgehead atoms. The van der Waals surface area contributed by atoms with Crippen molar-refractivity contribution in [2.24, 2.45) is 0 Å². The van der Waals surface area contributed by atoms with Gasteiger partial charge in [-0.1, -0.05) is 25.7 Å². The summed E-state index contributed by atoms with van der Waals surface area (Å²) in [5.41, 5.74) is 0. The van der Waals surface area contributed by atoms with Gasteiger partial charge in [0.1, 0.15) is 5.76 Å². The Morgan fingerprint density at radius 3 is 2.55 bits per heavy atom. The molecule has 0 aromatic carbocycles. The molecule has 1 saturated heterocycles. The minimum atomic E-state index is -0.0413. The van der Waals surface area contributed by atoms with Crippen LogP contribution in [0.4, 0.5) is 4.79 Å². The summed E-state index contributed by atoms with van der Waals surface area (Å²) in [6.45, 7) is 4.87. The van der Waals surface area contributed by atoms with E-state index in [9.17, 15) is 9.59 Å². The second kappa shape index (κ2) is 11.9. The normalized spacial score (nSPS) is 18.6. The largest absolute Gasteiger partial charge is 0.468 e. The molecule has 7 nitrogen and oxygen atoms in total. The highest BCUT2D eigenvalue weighted by Crippen LogP contribution is 2.17. The Morgan fingerprint density at radius 1 is 1.03 bits per heavy atom. The molecule has 1 aliphatic carbocycles. The summed E-state index contributed by atoms with van der Waals surface area (Å²) in [4.78, 5) is 28.6. The van der Waals surface area contributed by atoms with Gasteiger partial charge in [-0.15, -0.1) is 0 Å². The van der Waals surface area contributed by atoms with Crippen LogP contribution in [0.2, 0.25) is 0 Å². The number of hydrogen-bond donors (Lipinski definition) is 2. The van der Waals surface area contributed by atoms with Crippen molar-refractivity contribution in [1.82, 2.24) is 20.4 Å². The number of carbonyl (C=O) groups is 2. The minimum Gasteiger partial charge on any atom is -0.468 e. The third-order valence-electron chi connectivity index (χ3n) is 5.98. The molecule has 1 aromatic rings. The molecular formula is C22H36N4O3. The number of piperazine rings is 1. The van der Waals surface area contributed by atoms with Crippen molar-refractivity contribution in [3.63, 3.8) is 0 Å². The molecule has 2 N–H and O–H groups in total. The molecule has 0 spiro atoms. The molecule has 1 aliphatic heterocycles. The summed E-state index contributed by atoms with van der Waals surface area (Å²) in [6.07, 6.45) is 11.0. The van der Waals surface area contributed by atoms with E-state index in [-0.39, 0.29) is 11.9 Å². The first kappa shape index (κ1) is 21.7. The average Bonchev–Trinajstić information content (AvgIpc) is 3.25. The van der Waals surface area contributed by atoms with E-state index in [1.54, 1.807) is 6.26 Å². The molecule has 2 fully saturated rings. The Bertz CT molecular complexity index is 606. The fourth-order valence-electron chi connectivity index (χ4n) is 4.20. The van der Waals surface area contributed by atoms with Gasteiger partial charge >= 0.3 is 6.03 Å². The predicted molar refractivity (Wildman–Crippen MR) is 112 cm³/mol. The lowest BCUT2D eigenvalue weighted by Gasteiger charge is -2.34. The number of urea groups is 1. The van der Waals surface area contributed by atoms with Gasteiger partial charge in [0.05, 0.1) is 12.8 Å². The number of hydrogen-bond acceptors (Lipinski definition) is 4. The van der Waals surface area contributed by atoms with Gasteiger partial charge in [0.2, 0.25) is 5.91 Å². The smallest absolute Gasteiger partial charge is 0.315 e. The van der Waals surface area contributed by atoms with E-state index in [0.717, 1.165) is 70.6 Å². The van der Waals surface area contributed by atoms with E-state index in [2.05, 4.69) is 15.5 Å². The number of nitrogens with zero attached hydrogens (tertiary/aromatic N) is 2. The molecule has 1 saturated carbocycles. The average molecular weight is 405 g/mol. The fourth-order valence-corrected chi connectivity index (χ4v) is 4.20. The van der Waals surface area contributed by atoms with E-state index in [1.807, 2.05) is 17.0 Å². The fraction of sp³-hybridized carbons (Fsp3) is 0.727. The molecule has 3 amide bonds. The maximum Gasteiger partial charge on any atom is 0.315 e. The quantitative estimate of drug-likeness (QED) is 0.620. The van der Waals surface area contributed by atoms with Crippen LogP contribution in [0.25, 0.3) is 0 Å². The van der Waals surface area contributed by atoms with Crippen molar-refractivity contribution < 1.29 is 14.0 Å². The highest BCUT2D eigenvalue weighted by atomic mass is 16.3. The van der Waals surface area contributed by atoms with E-state index < -0.39 is 0 Å². The molecule has 2 aliphatic rings. The molecule has 0 atom stereocenters. The van der Waals surface area contributed by atoms with Crippen molar-refractivity contribution in [2.45, 2.75) is 70.4 Å². The zero-order valence-corrected chi connectivity index (χ0v) is 17.5. The maximum absolute atomic E-state index is 12.4. The molecule has 29 heavy (non-hydrogen) atoms. The molecule has 7 heteroatoms. The maximum atomic E-state index is 12.4. The van der Waals surface area contributed by atoms with E-state index in [0.29, 0.717) is 19.0 Å². The number of nitrogens with one attached hydrogen (secondary N) is 2. The molecule has 2 heterocycles. The minimum absolute atomic E-state index is 0.0413. The summed E-state index contributed by atoms with van der Waals surface area (Å²) >= 11 is 0.